The van der Waals surface area contributed by atoms with Crippen LogP contribution in [0.3, 0.4) is 0 Å². The van der Waals surface area contributed by atoms with Gasteiger partial charge in [-0.2, -0.15) is 5.26 Å². The lowest BCUT2D eigenvalue weighted by Gasteiger charge is -2.08. The monoisotopic (exact) mass is 328 g/mol. The van der Waals surface area contributed by atoms with E-state index in [0.29, 0.717) is 5.69 Å². The number of benzene rings is 3. The van der Waals surface area contributed by atoms with Gasteiger partial charge in [0.1, 0.15) is 17.4 Å². The number of nitrogens with one attached hydrogen (secondary N) is 1. The molecule has 0 heterocycles. The normalized spacial score (nSPS) is 11.0. The van der Waals surface area contributed by atoms with Crippen LogP contribution >= 0.6 is 0 Å². The highest BCUT2D eigenvalue weighted by molar-refractivity contribution is 6.12. The molecular weight excluding hydrogens is 312 g/mol. The summed E-state index contributed by atoms with van der Waals surface area (Å²) in [5.74, 6) is 0.283. The number of ether oxygens (including phenoxy) is 1. The van der Waals surface area contributed by atoms with Crippen LogP contribution < -0.4 is 10.1 Å². The lowest BCUT2D eigenvalue weighted by atomic mass is 10.1. The highest BCUT2D eigenvalue weighted by Crippen LogP contribution is 2.23. The van der Waals surface area contributed by atoms with Gasteiger partial charge in [-0.3, -0.25) is 4.79 Å². The van der Waals surface area contributed by atoms with E-state index in [0.717, 1.165) is 22.1 Å². The molecule has 0 aromatic heterocycles. The predicted molar refractivity (Wildman–Crippen MR) is 99.2 cm³/mol. The molecule has 4 nitrogen and oxygen atoms in total. The minimum Gasteiger partial charge on any atom is -0.497 e. The number of nitrogens with zero attached hydrogens (tertiary/aromatic N) is 1. The van der Waals surface area contributed by atoms with Gasteiger partial charge in [-0.05, 0) is 35.2 Å². The second-order valence-corrected chi connectivity index (χ2v) is 5.42. The second-order valence-electron chi connectivity index (χ2n) is 5.42. The van der Waals surface area contributed by atoms with Crippen LogP contribution in [0.2, 0.25) is 0 Å². The van der Waals surface area contributed by atoms with Crippen molar-refractivity contribution in [1.82, 2.24) is 0 Å². The van der Waals surface area contributed by atoms with Gasteiger partial charge in [-0.15, -0.1) is 0 Å². The standard InChI is InChI=1S/C21H16N2O2/c1-25-18-11-9-15(10-12-18)13-17(14-22)21(24)23-20-8-4-6-16-5-2-3-7-19(16)20/h2-13H,1H3,(H,23,24)/b17-13+. The molecule has 0 aliphatic heterocycles. The van der Waals surface area contributed by atoms with Gasteiger partial charge in [0.15, 0.2) is 0 Å². The van der Waals surface area contributed by atoms with Gasteiger partial charge in [0, 0.05) is 11.1 Å². The molecule has 0 unspecified atom stereocenters. The molecule has 0 bridgehead atoms. The van der Waals surface area contributed by atoms with Crippen molar-refractivity contribution < 1.29 is 9.53 Å². The van der Waals surface area contributed by atoms with Crippen molar-refractivity contribution >= 4 is 28.4 Å². The quantitative estimate of drug-likeness (QED) is 0.570. The van der Waals surface area contributed by atoms with Crippen LogP contribution in [0.25, 0.3) is 16.8 Å². The van der Waals surface area contributed by atoms with Crippen LogP contribution in [0.4, 0.5) is 5.69 Å². The molecule has 0 aliphatic rings. The Morgan fingerprint density at radius 3 is 2.48 bits per heavy atom. The number of nitriles is 1. The molecule has 3 aromatic carbocycles. The third kappa shape index (κ3) is 3.67. The zero-order chi connectivity index (χ0) is 17.6. The number of carbonyl (C=O) groups is 1. The van der Waals surface area contributed by atoms with E-state index in [2.05, 4.69) is 5.32 Å². The summed E-state index contributed by atoms with van der Waals surface area (Å²) < 4.78 is 5.10. The summed E-state index contributed by atoms with van der Waals surface area (Å²) in [4.78, 5) is 12.5. The van der Waals surface area contributed by atoms with Gasteiger partial charge in [0.2, 0.25) is 0 Å². The molecule has 0 atom stereocenters. The molecule has 1 amide bonds. The smallest absolute Gasteiger partial charge is 0.266 e. The van der Waals surface area contributed by atoms with Crippen molar-refractivity contribution in [1.29, 1.82) is 5.26 Å². The zero-order valence-electron chi connectivity index (χ0n) is 13.7. The second kappa shape index (κ2) is 7.33. The number of fused-ring (bicyclic) bond motifs is 1. The average molecular weight is 328 g/mol. The first kappa shape index (κ1) is 16.3. The first-order valence-electron chi connectivity index (χ1n) is 7.76. The third-order valence-electron chi connectivity index (χ3n) is 3.83. The summed E-state index contributed by atoms with van der Waals surface area (Å²) >= 11 is 0. The van der Waals surface area contributed by atoms with E-state index in [1.165, 1.54) is 0 Å². The van der Waals surface area contributed by atoms with Gasteiger partial charge < -0.3 is 10.1 Å². The van der Waals surface area contributed by atoms with E-state index in [-0.39, 0.29) is 5.57 Å². The summed E-state index contributed by atoms with van der Waals surface area (Å²) in [6.45, 7) is 0. The fraction of sp³-hybridized carbons (Fsp3) is 0.0476. The largest absolute Gasteiger partial charge is 0.497 e. The molecule has 4 heteroatoms. The topological polar surface area (TPSA) is 62.1 Å². The third-order valence-corrected chi connectivity index (χ3v) is 3.83. The lowest BCUT2D eigenvalue weighted by Crippen LogP contribution is -2.13. The molecule has 3 rings (SSSR count). The highest BCUT2D eigenvalue weighted by atomic mass is 16.5. The summed E-state index contributed by atoms with van der Waals surface area (Å²) in [6, 6.07) is 22.5. The first-order valence-corrected chi connectivity index (χ1v) is 7.76. The number of amides is 1. The summed E-state index contributed by atoms with van der Waals surface area (Å²) in [5, 5.41) is 14.1. The molecular formula is C21H16N2O2. The minimum atomic E-state index is -0.435. The van der Waals surface area contributed by atoms with Gasteiger partial charge in [-0.25, -0.2) is 0 Å². The Hall–Kier alpha value is -3.58. The Morgan fingerprint density at radius 2 is 1.76 bits per heavy atom. The SMILES string of the molecule is COc1ccc(/C=C(\C#N)C(=O)Nc2cccc3ccccc23)cc1. The first-order chi connectivity index (χ1) is 12.2. The minimum absolute atomic E-state index is 0.0399. The number of hydrogen-bond acceptors (Lipinski definition) is 3. The van der Waals surface area contributed by atoms with Crippen molar-refractivity contribution in [3.05, 3.63) is 77.9 Å². The van der Waals surface area contributed by atoms with Gasteiger partial charge in [0.25, 0.3) is 5.91 Å². The number of hydrogen-bond donors (Lipinski definition) is 1. The molecule has 25 heavy (non-hydrogen) atoms. The van der Waals surface area contributed by atoms with Crippen LogP contribution in [-0.4, -0.2) is 13.0 Å². The van der Waals surface area contributed by atoms with Gasteiger partial charge >= 0.3 is 0 Å². The molecule has 1 N–H and O–H groups in total. The summed E-state index contributed by atoms with van der Waals surface area (Å²) in [6.07, 6.45) is 1.56. The fourth-order valence-electron chi connectivity index (χ4n) is 2.54. The van der Waals surface area contributed by atoms with Gasteiger partial charge in [0.05, 0.1) is 7.11 Å². The number of methoxy groups -OCH3 is 1. The van der Waals surface area contributed by atoms with E-state index in [9.17, 15) is 10.1 Å². The average Bonchev–Trinajstić information content (AvgIpc) is 2.66. The predicted octanol–water partition coefficient (Wildman–Crippen LogP) is 4.39. The molecule has 3 aromatic rings. The maximum absolute atomic E-state index is 12.5. The van der Waals surface area contributed by atoms with Crippen molar-refractivity contribution in [3.63, 3.8) is 0 Å². The highest BCUT2D eigenvalue weighted by Gasteiger charge is 2.11. The van der Waals surface area contributed by atoms with Crippen molar-refractivity contribution in [2.75, 3.05) is 12.4 Å². The Kier molecular flexibility index (Phi) is 4.77. The Balaban J connectivity index is 1.87. The van der Waals surface area contributed by atoms with Crippen LogP contribution in [0.1, 0.15) is 5.56 Å². The van der Waals surface area contributed by atoms with E-state index in [1.807, 2.05) is 48.5 Å². The van der Waals surface area contributed by atoms with E-state index >= 15 is 0 Å². The van der Waals surface area contributed by atoms with Crippen LogP contribution in [-0.2, 0) is 4.79 Å². The fourth-order valence-corrected chi connectivity index (χ4v) is 2.54. The van der Waals surface area contributed by atoms with E-state index in [1.54, 1.807) is 37.5 Å². The Labute approximate surface area is 146 Å². The molecule has 0 spiro atoms. The molecule has 0 radical (unpaired) electrons. The Morgan fingerprint density at radius 1 is 1.04 bits per heavy atom. The van der Waals surface area contributed by atoms with Crippen LogP contribution in [0.5, 0.6) is 5.75 Å². The molecule has 0 saturated carbocycles. The zero-order valence-corrected chi connectivity index (χ0v) is 13.7. The maximum atomic E-state index is 12.5. The van der Waals surface area contributed by atoms with E-state index in [4.69, 9.17) is 4.74 Å². The summed E-state index contributed by atoms with van der Waals surface area (Å²) in [7, 11) is 1.59. The van der Waals surface area contributed by atoms with E-state index < -0.39 is 5.91 Å². The van der Waals surface area contributed by atoms with Gasteiger partial charge in [-0.1, -0.05) is 48.5 Å². The lowest BCUT2D eigenvalue weighted by molar-refractivity contribution is -0.112. The molecule has 122 valence electrons. The number of carbonyl (C=O) groups excluding carboxylic acids is 1. The number of anilines is 1. The van der Waals surface area contributed by atoms with Crippen molar-refractivity contribution in [2.45, 2.75) is 0 Å². The number of rotatable bonds is 4. The van der Waals surface area contributed by atoms with Crippen LogP contribution in [0.15, 0.2) is 72.3 Å². The van der Waals surface area contributed by atoms with Crippen molar-refractivity contribution in [3.8, 4) is 11.8 Å². The molecule has 0 saturated heterocycles. The maximum Gasteiger partial charge on any atom is 0.266 e. The van der Waals surface area contributed by atoms with Crippen molar-refractivity contribution in [2.24, 2.45) is 0 Å². The molecule has 0 fully saturated rings. The molecule has 0 aliphatic carbocycles. The Bertz CT molecular complexity index is 977. The summed E-state index contributed by atoms with van der Waals surface area (Å²) in [5.41, 5.74) is 1.47. The van der Waals surface area contributed by atoms with Crippen LogP contribution in [0, 0.1) is 11.3 Å².